The van der Waals surface area contributed by atoms with Crippen LogP contribution in [0.15, 0.2) is 60.9 Å². The molecule has 0 spiro atoms. The molecule has 1 aliphatic heterocycles. The zero-order valence-corrected chi connectivity index (χ0v) is 15.6. The van der Waals surface area contributed by atoms with Crippen LogP contribution in [0.4, 0.5) is 5.69 Å². The van der Waals surface area contributed by atoms with Crippen molar-refractivity contribution in [3.8, 4) is 17.2 Å². The molecule has 0 fully saturated rings. The predicted octanol–water partition coefficient (Wildman–Crippen LogP) is 3.39. The highest BCUT2D eigenvalue weighted by atomic mass is 35.5. The Morgan fingerprint density at radius 1 is 1.21 bits per heavy atom. The minimum absolute atomic E-state index is 0.108. The molecule has 28 heavy (non-hydrogen) atoms. The Morgan fingerprint density at radius 3 is 2.82 bits per heavy atom. The number of benzene rings is 2. The summed E-state index contributed by atoms with van der Waals surface area (Å²) in [4.78, 5) is 12.0. The first kappa shape index (κ1) is 18.2. The second-order valence-corrected chi connectivity index (χ2v) is 6.68. The number of para-hydroxylation sites is 2. The summed E-state index contributed by atoms with van der Waals surface area (Å²) in [6, 6.07) is 14.4. The molecule has 0 aliphatic carbocycles. The van der Waals surface area contributed by atoms with Gasteiger partial charge in [-0.1, -0.05) is 23.7 Å². The maximum atomic E-state index is 12.0. The summed E-state index contributed by atoms with van der Waals surface area (Å²) in [5.74, 6) is 1.76. The van der Waals surface area contributed by atoms with E-state index in [-0.39, 0.29) is 18.6 Å². The Bertz CT molecular complexity index is 958. The Kier molecular flexibility index (Phi) is 5.34. The summed E-state index contributed by atoms with van der Waals surface area (Å²) < 4.78 is 18.7. The van der Waals surface area contributed by atoms with E-state index in [4.69, 9.17) is 25.8 Å². The Labute approximate surface area is 166 Å². The summed E-state index contributed by atoms with van der Waals surface area (Å²) >= 11 is 5.82. The van der Waals surface area contributed by atoms with Crippen molar-refractivity contribution in [2.24, 2.45) is 0 Å². The van der Waals surface area contributed by atoms with E-state index in [0.29, 0.717) is 29.6 Å². The molecule has 1 N–H and O–H groups in total. The van der Waals surface area contributed by atoms with Crippen LogP contribution in [-0.2, 0) is 11.3 Å². The van der Waals surface area contributed by atoms with Crippen LogP contribution in [0.5, 0.6) is 17.2 Å². The molecule has 144 valence electrons. The number of anilines is 1. The van der Waals surface area contributed by atoms with Gasteiger partial charge in [0.1, 0.15) is 12.4 Å². The number of nitrogens with zero attached hydrogens (tertiary/aromatic N) is 2. The van der Waals surface area contributed by atoms with Crippen molar-refractivity contribution < 1.29 is 19.0 Å². The number of nitrogens with one attached hydrogen (secondary N) is 1. The molecule has 0 unspecified atom stereocenters. The third-order valence-electron chi connectivity index (χ3n) is 4.06. The van der Waals surface area contributed by atoms with Crippen LogP contribution in [0.3, 0.4) is 0 Å². The number of carbonyl (C=O) groups excluding carboxylic acids is 1. The maximum Gasteiger partial charge on any atom is 0.262 e. The zero-order chi connectivity index (χ0) is 19.3. The summed E-state index contributed by atoms with van der Waals surface area (Å²) in [5, 5.41) is 7.62. The van der Waals surface area contributed by atoms with E-state index in [0.717, 1.165) is 11.5 Å². The average Bonchev–Trinajstić information content (AvgIpc) is 3.14. The highest BCUT2D eigenvalue weighted by Crippen LogP contribution is 2.31. The Morgan fingerprint density at radius 2 is 2.00 bits per heavy atom. The zero-order valence-electron chi connectivity index (χ0n) is 14.9. The maximum absolute atomic E-state index is 12.0. The molecule has 7 nitrogen and oxygen atoms in total. The molecular weight excluding hydrogens is 382 g/mol. The van der Waals surface area contributed by atoms with E-state index >= 15 is 0 Å². The van der Waals surface area contributed by atoms with Gasteiger partial charge in [-0.3, -0.25) is 9.48 Å². The largest absolute Gasteiger partial charge is 0.486 e. The van der Waals surface area contributed by atoms with E-state index in [9.17, 15) is 4.79 Å². The fourth-order valence-electron chi connectivity index (χ4n) is 2.77. The first-order valence-electron chi connectivity index (χ1n) is 8.75. The molecule has 0 radical (unpaired) electrons. The van der Waals surface area contributed by atoms with E-state index in [1.165, 1.54) is 0 Å². The summed E-state index contributed by atoms with van der Waals surface area (Å²) in [5.41, 5.74) is 0.585. The Hall–Kier alpha value is -3.19. The first-order valence-corrected chi connectivity index (χ1v) is 9.13. The summed E-state index contributed by atoms with van der Waals surface area (Å²) in [6.45, 7) is 0.835. The van der Waals surface area contributed by atoms with Crippen LogP contribution < -0.4 is 19.5 Å². The van der Waals surface area contributed by atoms with Gasteiger partial charge in [0.05, 0.1) is 18.4 Å². The molecule has 1 amide bonds. The SMILES string of the molecule is O=C(COc1ccc(Cl)cc1)Nc1cnn(C[C@H]2COc3ccccc3O2)c1. The number of rotatable bonds is 6. The molecule has 4 rings (SSSR count). The van der Waals surface area contributed by atoms with E-state index in [1.54, 1.807) is 41.3 Å². The van der Waals surface area contributed by atoms with E-state index in [1.807, 2.05) is 24.3 Å². The average molecular weight is 400 g/mol. The number of halogens is 1. The second-order valence-electron chi connectivity index (χ2n) is 6.24. The van der Waals surface area contributed by atoms with Gasteiger partial charge in [-0.05, 0) is 36.4 Å². The van der Waals surface area contributed by atoms with Gasteiger partial charge < -0.3 is 19.5 Å². The molecule has 3 aromatic rings. The molecule has 8 heteroatoms. The van der Waals surface area contributed by atoms with Crippen LogP contribution >= 0.6 is 11.6 Å². The third-order valence-corrected chi connectivity index (χ3v) is 4.31. The lowest BCUT2D eigenvalue weighted by Gasteiger charge is -2.26. The first-order chi connectivity index (χ1) is 13.7. The van der Waals surface area contributed by atoms with Crippen molar-refractivity contribution in [1.29, 1.82) is 0 Å². The molecule has 2 heterocycles. The van der Waals surface area contributed by atoms with Gasteiger partial charge >= 0.3 is 0 Å². The third kappa shape index (κ3) is 4.55. The molecule has 1 atom stereocenters. The van der Waals surface area contributed by atoms with Gasteiger partial charge in [0.15, 0.2) is 24.2 Å². The van der Waals surface area contributed by atoms with Crippen molar-refractivity contribution in [3.05, 3.63) is 65.9 Å². The van der Waals surface area contributed by atoms with Gasteiger partial charge in [-0.2, -0.15) is 5.10 Å². The van der Waals surface area contributed by atoms with Gasteiger partial charge in [0.2, 0.25) is 0 Å². The van der Waals surface area contributed by atoms with Crippen molar-refractivity contribution in [1.82, 2.24) is 9.78 Å². The monoisotopic (exact) mass is 399 g/mol. The number of amides is 1. The minimum atomic E-state index is -0.277. The number of fused-ring (bicyclic) bond motifs is 1. The van der Waals surface area contributed by atoms with Crippen molar-refractivity contribution >= 4 is 23.2 Å². The van der Waals surface area contributed by atoms with Crippen LogP contribution in [0.1, 0.15) is 0 Å². The van der Waals surface area contributed by atoms with Crippen LogP contribution in [-0.4, -0.2) is 35.0 Å². The minimum Gasteiger partial charge on any atom is -0.486 e. The number of hydrogen-bond donors (Lipinski definition) is 1. The number of ether oxygens (including phenoxy) is 3. The quantitative estimate of drug-likeness (QED) is 0.687. The predicted molar refractivity (Wildman–Crippen MR) is 104 cm³/mol. The van der Waals surface area contributed by atoms with Crippen LogP contribution in [0.2, 0.25) is 5.02 Å². The highest BCUT2D eigenvalue weighted by molar-refractivity contribution is 6.30. The summed E-state index contributed by atoms with van der Waals surface area (Å²) in [6.07, 6.45) is 3.16. The normalized spacial score (nSPS) is 15.1. The molecule has 1 aromatic heterocycles. The van der Waals surface area contributed by atoms with Gasteiger partial charge in [0.25, 0.3) is 5.91 Å². The summed E-state index contributed by atoms with van der Waals surface area (Å²) in [7, 11) is 0. The Balaban J connectivity index is 1.27. The number of carbonyl (C=O) groups is 1. The molecular formula is C20H18ClN3O4. The number of aromatic nitrogens is 2. The van der Waals surface area contributed by atoms with Crippen molar-refractivity contribution in [2.45, 2.75) is 12.6 Å². The van der Waals surface area contributed by atoms with Gasteiger partial charge in [-0.25, -0.2) is 0 Å². The van der Waals surface area contributed by atoms with Crippen molar-refractivity contribution in [3.63, 3.8) is 0 Å². The standard InChI is InChI=1S/C20H18ClN3O4/c21-14-5-7-16(8-6-14)26-13-20(25)23-15-9-22-24(10-15)11-17-12-27-18-3-1-2-4-19(18)28-17/h1-10,17H,11-13H2,(H,23,25)/t17-/m0/s1. The molecule has 0 saturated heterocycles. The smallest absolute Gasteiger partial charge is 0.262 e. The van der Waals surface area contributed by atoms with Gasteiger partial charge in [-0.15, -0.1) is 0 Å². The van der Waals surface area contributed by atoms with Crippen LogP contribution in [0.25, 0.3) is 0 Å². The van der Waals surface area contributed by atoms with Crippen molar-refractivity contribution in [2.75, 3.05) is 18.5 Å². The van der Waals surface area contributed by atoms with Gasteiger partial charge in [0, 0.05) is 11.2 Å². The molecule has 0 saturated carbocycles. The lowest BCUT2D eigenvalue weighted by Crippen LogP contribution is -2.33. The molecule has 0 bridgehead atoms. The molecule has 2 aromatic carbocycles. The lowest BCUT2D eigenvalue weighted by molar-refractivity contribution is -0.118. The van der Waals surface area contributed by atoms with E-state index < -0.39 is 0 Å². The fourth-order valence-corrected chi connectivity index (χ4v) is 2.89. The fraction of sp³-hybridized carbons (Fsp3) is 0.200. The topological polar surface area (TPSA) is 74.6 Å². The van der Waals surface area contributed by atoms with Crippen LogP contribution in [0, 0.1) is 0 Å². The van der Waals surface area contributed by atoms with E-state index in [2.05, 4.69) is 10.4 Å². The molecule has 1 aliphatic rings. The second kappa shape index (κ2) is 8.22. The highest BCUT2D eigenvalue weighted by Gasteiger charge is 2.21. The number of hydrogen-bond acceptors (Lipinski definition) is 5. The lowest BCUT2D eigenvalue weighted by atomic mass is 10.2.